The molecule has 1 aliphatic heterocycles. The number of aliphatic hydroxyl groups excluding tert-OH is 1. The van der Waals surface area contributed by atoms with Crippen LogP contribution < -0.4 is 5.73 Å². The summed E-state index contributed by atoms with van der Waals surface area (Å²) in [7, 11) is 1.46. The fourth-order valence-electron chi connectivity index (χ4n) is 1.29. The van der Waals surface area contributed by atoms with E-state index in [1.165, 1.54) is 7.05 Å². The number of hydrogen-bond acceptors (Lipinski definition) is 6. The fourth-order valence-corrected chi connectivity index (χ4v) is 1.29. The van der Waals surface area contributed by atoms with Crippen molar-refractivity contribution in [3.8, 4) is 0 Å². The molecule has 6 nitrogen and oxygen atoms in total. The molecule has 1 saturated heterocycles. The van der Waals surface area contributed by atoms with Gasteiger partial charge in [-0.1, -0.05) is 0 Å². The van der Waals surface area contributed by atoms with Gasteiger partial charge in [0.25, 0.3) is 0 Å². The van der Waals surface area contributed by atoms with Crippen LogP contribution in [0.3, 0.4) is 0 Å². The second kappa shape index (κ2) is 3.67. The minimum absolute atomic E-state index is 0.0467. The molecule has 6 heteroatoms. The Labute approximate surface area is 76.4 Å². The van der Waals surface area contributed by atoms with Crippen molar-refractivity contribution < 1.29 is 14.9 Å². The molecule has 0 amide bonds. The number of nitrogens with zero attached hydrogens (tertiary/aromatic N) is 2. The van der Waals surface area contributed by atoms with Crippen LogP contribution in [0.15, 0.2) is 10.2 Å². The molecule has 0 aliphatic carbocycles. The maximum absolute atomic E-state index is 9.59. The highest BCUT2D eigenvalue weighted by Gasteiger charge is 2.45. The molecule has 1 fully saturated rings. The first-order chi connectivity index (χ1) is 5.99. The van der Waals surface area contributed by atoms with Gasteiger partial charge < -0.3 is 14.9 Å². The van der Waals surface area contributed by atoms with Gasteiger partial charge in [0.2, 0.25) is 0 Å². The number of hydrogen-bond donors (Lipinski definition) is 3. The second-order valence-electron chi connectivity index (χ2n) is 3.26. The van der Waals surface area contributed by atoms with Crippen LogP contribution in [0.1, 0.15) is 6.92 Å². The summed E-state index contributed by atoms with van der Waals surface area (Å²) in [4.78, 5) is 0. The lowest BCUT2D eigenvalue weighted by Gasteiger charge is -2.39. The monoisotopic (exact) mass is 189 g/mol. The summed E-state index contributed by atoms with van der Waals surface area (Å²) in [6.07, 6.45) is -1.31. The third-order valence-corrected chi connectivity index (χ3v) is 2.13. The quantitative estimate of drug-likeness (QED) is 0.358. The van der Waals surface area contributed by atoms with E-state index in [1.807, 2.05) is 0 Å². The van der Waals surface area contributed by atoms with E-state index in [0.717, 1.165) is 0 Å². The molecule has 1 aliphatic rings. The molecule has 0 spiro atoms. The SMILES string of the molecule is CN=N[C@@H]1C(O)[C@@H](C)OCC1(N)O. The first kappa shape index (κ1) is 10.5. The Kier molecular flexibility index (Phi) is 2.97. The van der Waals surface area contributed by atoms with Crippen molar-refractivity contribution in [3.63, 3.8) is 0 Å². The maximum atomic E-state index is 9.59. The number of aliphatic hydroxyl groups is 2. The number of rotatable bonds is 1. The van der Waals surface area contributed by atoms with Crippen LogP contribution in [0.2, 0.25) is 0 Å². The van der Waals surface area contributed by atoms with E-state index in [4.69, 9.17) is 10.5 Å². The summed E-state index contributed by atoms with van der Waals surface area (Å²) in [5.74, 6) is 0. The molecule has 0 aromatic rings. The molecular formula is C7H15N3O3. The van der Waals surface area contributed by atoms with Crippen LogP contribution in [0.4, 0.5) is 0 Å². The van der Waals surface area contributed by atoms with Crippen LogP contribution in [0, 0.1) is 0 Å². The van der Waals surface area contributed by atoms with Gasteiger partial charge >= 0.3 is 0 Å². The standard InChI is InChI=1S/C7H15N3O3/c1-4-5(11)6(10-9-2)7(8,12)3-13-4/h4-6,11-12H,3,8H2,1-2H3/t4-,5?,6-,7?/m1/s1. The van der Waals surface area contributed by atoms with Crippen molar-refractivity contribution in [2.75, 3.05) is 13.7 Å². The Morgan fingerprint density at radius 2 is 2.23 bits per heavy atom. The highest BCUT2D eigenvalue weighted by Crippen LogP contribution is 2.22. The van der Waals surface area contributed by atoms with Gasteiger partial charge in [-0.3, -0.25) is 5.73 Å². The van der Waals surface area contributed by atoms with Gasteiger partial charge in [0, 0.05) is 7.05 Å². The molecule has 4 atom stereocenters. The molecule has 0 saturated carbocycles. The topological polar surface area (TPSA) is 100 Å². The smallest absolute Gasteiger partial charge is 0.164 e. The fraction of sp³-hybridized carbons (Fsp3) is 1.00. The van der Waals surface area contributed by atoms with Crippen molar-refractivity contribution in [3.05, 3.63) is 0 Å². The second-order valence-corrected chi connectivity index (χ2v) is 3.26. The first-order valence-corrected chi connectivity index (χ1v) is 4.09. The summed E-state index contributed by atoms with van der Waals surface area (Å²) >= 11 is 0. The zero-order valence-electron chi connectivity index (χ0n) is 7.71. The molecule has 0 aromatic heterocycles. The Balaban J connectivity index is 2.81. The Morgan fingerprint density at radius 3 is 2.77 bits per heavy atom. The van der Waals surface area contributed by atoms with Crippen molar-refractivity contribution in [2.24, 2.45) is 16.0 Å². The minimum atomic E-state index is -1.63. The zero-order valence-corrected chi connectivity index (χ0v) is 7.71. The maximum Gasteiger partial charge on any atom is 0.164 e. The van der Waals surface area contributed by atoms with Gasteiger partial charge in [-0.15, -0.1) is 0 Å². The zero-order chi connectivity index (χ0) is 10.1. The van der Waals surface area contributed by atoms with Gasteiger partial charge in [-0.25, -0.2) is 0 Å². The molecule has 0 radical (unpaired) electrons. The summed E-state index contributed by atoms with van der Waals surface area (Å²) in [6, 6.07) is -0.818. The molecule has 13 heavy (non-hydrogen) atoms. The number of nitrogens with two attached hydrogens (primary N) is 1. The normalized spacial score (nSPS) is 47.0. The predicted molar refractivity (Wildman–Crippen MR) is 45.1 cm³/mol. The summed E-state index contributed by atoms with van der Waals surface area (Å²) in [5.41, 5.74) is 3.84. The largest absolute Gasteiger partial charge is 0.388 e. The van der Waals surface area contributed by atoms with Gasteiger partial charge in [0.05, 0.1) is 12.7 Å². The van der Waals surface area contributed by atoms with E-state index in [2.05, 4.69) is 10.2 Å². The van der Waals surface area contributed by atoms with E-state index >= 15 is 0 Å². The van der Waals surface area contributed by atoms with E-state index in [-0.39, 0.29) is 12.7 Å². The third kappa shape index (κ3) is 2.02. The molecular weight excluding hydrogens is 174 g/mol. The molecule has 4 N–H and O–H groups in total. The van der Waals surface area contributed by atoms with Crippen LogP contribution in [-0.4, -0.2) is 47.8 Å². The Bertz CT molecular complexity index is 207. The molecule has 1 heterocycles. The first-order valence-electron chi connectivity index (χ1n) is 4.09. The van der Waals surface area contributed by atoms with Gasteiger partial charge in [0.1, 0.15) is 12.1 Å². The predicted octanol–water partition coefficient (Wildman–Crippen LogP) is -1.14. The van der Waals surface area contributed by atoms with Crippen LogP contribution in [0.25, 0.3) is 0 Å². The third-order valence-electron chi connectivity index (χ3n) is 2.13. The number of ether oxygens (including phenoxy) is 1. The van der Waals surface area contributed by atoms with Crippen LogP contribution in [0.5, 0.6) is 0 Å². The van der Waals surface area contributed by atoms with E-state index in [1.54, 1.807) is 6.92 Å². The summed E-state index contributed by atoms with van der Waals surface area (Å²) in [5, 5.41) is 26.4. The Morgan fingerprint density at radius 1 is 1.62 bits per heavy atom. The van der Waals surface area contributed by atoms with Crippen molar-refractivity contribution in [1.82, 2.24) is 0 Å². The van der Waals surface area contributed by atoms with Crippen molar-refractivity contribution in [1.29, 1.82) is 0 Å². The molecule has 1 rings (SSSR count). The lowest BCUT2D eigenvalue weighted by atomic mass is 9.94. The number of azo groups is 1. The van der Waals surface area contributed by atoms with Crippen LogP contribution >= 0.6 is 0 Å². The molecule has 0 bridgehead atoms. The lowest BCUT2D eigenvalue weighted by Crippen LogP contribution is -2.64. The minimum Gasteiger partial charge on any atom is -0.388 e. The molecule has 0 aromatic carbocycles. The van der Waals surface area contributed by atoms with Gasteiger partial charge in [-0.2, -0.15) is 10.2 Å². The van der Waals surface area contributed by atoms with Crippen molar-refractivity contribution >= 4 is 0 Å². The average molecular weight is 189 g/mol. The molecule has 76 valence electrons. The van der Waals surface area contributed by atoms with E-state index in [9.17, 15) is 10.2 Å². The van der Waals surface area contributed by atoms with Crippen LogP contribution in [-0.2, 0) is 4.74 Å². The summed E-state index contributed by atoms with van der Waals surface area (Å²) in [6.45, 7) is 1.65. The Hall–Kier alpha value is -0.560. The van der Waals surface area contributed by atoms with Crippen molar-refractivity contribution in [2.45, 2.75) is 30.9 Å². The van der Waals surface area contributed by atoms with Gasteiger partial charge in [0.15, 0.2) is 5.72 Å². The molecule has 2 unspecified atom stereocenters. The highest BCUT2D eigenvalue weighted by molar-refractivity contribution is 4.97. The summed E-state index contributed by atoms with van der Waals surface area (Å²) < 4.78 is 5.06. The van der Waals surface area contributed by atoms with E-state index in [0.29, 0.717) is 0 Å². The lowest BCUT2D eigenvalue weighted by molar-refractivity contribution is -0.175. The van der Waals surface area contributed by atoms with E-state index < -0.39 is 17.9 Å². The highest BCUT2D eigenvalue weighted by atomic mass is 16.5. The average Bonchev–Trinajstić information content (AvgIpc) is 2.07. The van der Waals surface area contributed by atoms with Gasteiger partial charge in [-0.05, 0) is 6.92 Å².